The van der Waals surface area contributed by atoms with Gasteiger partial charge >= 0.3 is 6.18 Å². The lowest BCUT2D eigenvalue weighted by molar-refractivity contribution is -0.137. The number of nitrogens with zero attached hydrogens (tertiary/aromatic N) is 4. The molecule has 5 rings (SSSR count). The minimum absolute atomic E-state index is 0.243. The maximum Gasteiger partial charge on any atom is 0.416 e. The number of hydrogen-bond donors (Lipinski definition) is 1. The van der Waals surface area contributed by atoms with Gasteiger partial charge in [0.25, 0.3) is 0 Å². The van der Waals surface area contributed by atoms with Gasteiger partial charge in [-0.25, -0.2) is 0 Å². The van der Waals surface area contributed by atoms with Gasteiger partial charge in [0.15, 0.2) is 5.11 Å². The molecule has 35 heavy (non-hydrogen) atoms. The molecule has 0 radical (unpaired) electrons. The van der Waals surface area contributed by atoms with Crippen molar-refractivity contribution in [3.8, 4) is 5.69 Å². The van der Waals surface area contributed by atoms with E-state index < -0.39 is 11.7 Å². The topological polar surface area (TPSA) is 45.6 Å². The molecule has 0 unspecified atom stereocenters. The fourth-order valence-corrected chi connectivity index (χ4v) is 5.08. The Morgan fingerprint density at radius 2 is 1.86 bits per heavy atom. The molecule has 6 nitrogen and oxygen atoms in total. The van der Waals surface area contributed by atoms with Crippen LogP contribution in [0.3, 0.4) is 0 Å². The van der Waals surface area contributed by atoms with E-state index in [-0.39, 0.29) is 12.1 Å². The minimum Gasteiger partial charge on any atom is -0.379 e. The second-order valence-electron chi connectivity index (χ2n) is 8.63. The van der Waals surface area contributed by atoms with Crippen LogP contribution in [0.4, 0.5) is 13.2 Å². The Bertz CT molecular complexity index is 1160. The number of aromatic nitrogens is 2. The third kappa shape index (κ3) is 5.05. The number of pyridine rings is 1. The van der Waals surface area contributed by atoms with Crippen LogP contribution in [0, 0.1) is 0 Å². The van der Waals surface area contributed by atoms with Crippen LogP contribution in [-0.2, 0) is 10.9 Å². The van der Waals surface area contributed by atoms with E-state index >= 15 is 0 Å². The molecular formula is C25H26F3N5OS. The maximum absolute atomic E-state index is 13.4. The fourth-order valence-electron chi connectivity index (χ4n) is 4.74. The van der Waals surface area contributed by atoms with Gasteiger partial charge in [-0.1, -0.05) is 12.1 Å². The standard InChI is InChI=1S/C25H26F3N5OS/c26-25(27,28)18-5-3-6-19(17-18)32-10-4-8-21(32)23-22(20-7-1-2-9-29-20)30-24(35)33(23)12-11-31-13-15-34-16-14-31/h1-10,17,22-23H,11-16H2,(H,30,35)/t22-,23+/m1/s1. The fraction of sp³-hybridized carbons (Fsp3) is 0.360. The predicted molar refractivity (Wildman–Crippen MR) is 130 cm³/mol. The molecule has 2 aliphatic heterocycles. The molecule has 1 aromatic carbocycles. The molecule has 2 atom stereocenters. The Balaban J connectivity index is 1.51. The van der Waals surface area contributed by atoms with Gasteiger partial charge in [0.2, 0.25) is 0 Å². The van der Waals surface area contributed by atoms with Crippen LogP contribution >= 0.6 is 12.2 Å². The summed E-state index contributed by atoms with van der Waals surface area (Å²) >= 11 is 5.75. The minimum atomic E-state index is -4.42. The molecule has 0 amide bonds. The molecule has 184 valence electrons. The largest absolute Gasteiger partial charge is 0.416 e. The Hall–Kier alpha value is -2.95. The summed E-state index contributed by atoms with van der Waals surface area (Å²) < 4.78 is 47.5. The van der Waals surface area contributed by atoms with E-state index in [0.717, 1.165) is 37.1 Å². The van der Waals surface area contributed by atoms with Crippen molar-refractivity contribution in [3.05, 3.63) is 83.9 Å². The summed E-state index contributed by atoms with van der Waals surface area (Å²) in [5.74, 6) is 0. The van der Waals surface area contributed by atoms with Crippen LogP contribution in [0.25, 0.3) is 5.69 Å². The highest BCUT2D eigenvalue weighted by Gasteiger charge is 2.41. The predicted octanol–water partition coefficient (Wildman–Crippen LogP) is 4.20. The summed E-state index contributed by atoms with van der Waals surface area (Å²) in [6, 6.07) is 14.4. The maximum atomic E-state index is 13.4. The molecule has 0 saturated carbocycles. The molecule has 0 spiro atoms. The third-order valence-electron chi connectivity index (χ3n) is 6.49. The summed E-state index contributed by atoms with van der Waals surface area (Å²) in [6.45, 7) is 4.63. The van der Waals surface area contributed by atoms with Crippen molar-refractivity contribution in [1.82, 2.24) is 24.7 Å². The lowest BCUT2D eigenvalue weighted by atomic mass is 10.0. The van der Waals surface area contributed by atoms with Crippen LogP contribution in [0.1, 0.15) is 29.0 Å². The van der Waals surface area contributed by atoms with Crippen molar-refractivity contribution in [1.29, 1.82) is 0 Å². The van der Waals surface area contributed by atoms with Crippen LogP contribution in [-0.4, -0.2) is 63.9 Å². The van der Waals surface area contributed by atoms with Gasteiger partial charge in [0.05, 0.1) is 36.6 Å². The molecule has 2 aliphatic rings. The number of rotatable bonds is 6. The van der Waals surface area contributed by atoms with Crippen molar-refractivity contribution in [2.45, 2.75) is 18.3 Å². The molecular weight excluding hydrogens is 475 g/mol. The Morgan fingerprint density at radius 1 is 1.03 bits per heavy atom. The van der Waals surface area contributed by atoms with Crippen LogP contribution in [0.2, 0.25) is 0 Å². The zero-order valence-corrected chi connectivity index (χ0v) is 19.8. The average Bonchev–Trinajstić information content (AvgIpc) is 3.47. The van der Waals surface area contributed by atoms with Gasteiger partial charge in [-0.15, -0.1) is 0 Å². The molecule has 2 fully saturated rings. The third-order valence-corrected chi connectivity index (χ3v) is 6.85. The lowest BCUT2D eigenvalue weighted by Gasteiger charge is -2.32. The zero-order chi connectivity index (χ0) is 24.4. The number of ether oxygens (including phenoxy) is 1. The number of alkyl halides is 3. The lowest BCUT2D eigenvalue weighted by Crippen LogP contribution is -2.42. The van der Waals surface area contributed by atoms with Gasteiger partial charge in [-0.05, 0) is 54.7 Å². The van der Waals surface area contributed by atoms with E-state index in [4.69, 9.17) is 17.0 Å². The first kappa shape index (κ1) is 23.8. The number of hydrogen-bond acceptors (Lipinski definition) is 4. The van der Waals surface area contributed by atoms with Crippen LogP contribution < -0.4 is 5.32 Å². The summed E-state index contributed by atoms with van der Waals surface area (Å²) in [5, 5.41) is 4.03. The molecule has 4 heterocycles. The number of halogens is 3. The van der Waals surface area contributed by atoms with Crippen molar-refractivity contribution in [3.63, 3.8) is 0 Å². The summed E-state index contributed by atoms with van der Waals surface area (Å²) in [6.07, 6.45) is -0.887. The number of thiocarbonyl (C=S) groups is 1. The van der Waals surface area contributed by atoms with Crippen molar-refractivity contribution in [2.75, 3.05) is 39.4 Å². The average molecular weight is 502 g/mol. The Kier molecular flexibility index (Phi) is 6.77. The van der Waals surface area contributed by atoms with E-state index in [1.54, 1.807) is 18.5 Å². The molecule has 1 N–H and O–H groups in total. The first-order valence-corrected chi connectivity index (χ1v) is 12.0. The van der Waals surface area contributed by atoms with Crippen molar-refractivity contribution in [2.24, 2.45) is 0 Å². The quantitative estimate of drug-likeness (QED) is 0.511. The molecule has 10 heteroatoms. The molecule has 2 aromatic heterocycles. The van der Waals surface area contributed by atoms with Gasteiger partial charge in [-0.2, -0.15) is 13.2 Å². The van der Waals surface area contributed by atoms with Gasteiger partial charge in [0.1, 0.15) is 0 Å². The molecule has 0 bridgehead atoms. The smallest absolute Gasteiger partial charge is 0.379 e. The van der Waals surface area contributed by atoms with E-state index in [1.165, 1.54) is 12.1 Å². The second kappa shape index (κ2) is 9.96. The Labute approximate surface area is 207 Å². The second-order valence-corrected chi connectivity index (χ2v) is 9.01. The number of nitrogens with one attached hydrogen (secondary N) is 1. The molecule has 0 aliphatic carbocycles. The SMILES string of the molecule is FC(F)(F)c1cccc(-n2cccc2[C@H]2[C@@H](c3ccccn3)NC(=S)N2CCN2CCOCC2)c1. The normalized spacial score (nSPS) is 21.3. The van der Waals surface area contributed by atoms with E-state index in [1.807, 2.05) is 34.9 Å². The Morgan fingerprint density at radius 3 is 2.60 bits per heavy atom. The van der Waals surface area contributed by atoms with Gasteiger partial charge in [0, 0.05) is 50.0 Å². The highest BCUT2D eigenvalue weighted by Crippen LogP contribution is 2.40. The first-order chi connectivity index (χ1) is 16.9. The monoisotopic (exact) mass is 501 g/mol. The zero-order valence-electron chi connectivity index (χ0n) is 19.0. The van der Waals surface area contributed by atoms with Crippen LogP contribution in [0.15, 0.2) is 67.0 Å². The van der Waals surface area contributed by atoms with E-state index in [2.05, 4.69) is 20.1 Å². The number of morpholine rings is 1. The van der Waals surface area contributed by atoms with Gasteiger partial charge in [-0.3, -0.25) is 9.88 Å². The molecule has 2 saturated heterocycles. The van der Waals surface area contributed by atoms with E-state index in [9.17, 15) is 13.2 Å². The summed E-state index contributed by atoms with van der Waals surface area (Å²) in [4.78, 5) is 9.02. The number of benzene rings is 1. The molecule has 3 aromatic rings. The highest BCUT2D eigenvalue weighted by atomic mass is 32.1. The van der Waals surface area contributed by atoms with Crippen LogP contribution in [0.5, 0.6) is 0 Å². The first-order valence-electron chi connectivity index (χ1n) is 11.5. The highest BCUT2D eigenvalue weighted by molar-refractivity contribution is 7.80. The summed E-state index contributed by atoms with van der Waals surface area (Å²) in [7, 11) is 0. The summed E-state index contributed by atoms with van der Waals surface area (Å²) in [5.41, 5.74) is 1.44. The van der Waals surface area contributed by atoms with Gasteiger partial charge < -0.3 is 19.5 Å². The van der Waals surface area contributed by atoms with Crippen molar-refractivity contribution < 1.29 is 17.9 Å². The van der Waals surface area contributed by atoms with Crippen molar-refractivity contribution >= 4 is 17.3 Å². The van der Waals surface area contributed by atoms with E-state index in [0.29, 0.717) is 30.6 Å².